The number of hydrogen-bond acceptors (Lipinski definition) is 6. The van der Waals surface area contributed by atoms with Crippen LogP contribution >= 0.6 is 0 Å². The highest BCUT2D eigenvalue weighted by Crippen LogP contribution is 2.44. The molecule has 2 aromatic carbocycles. The summed E-state index contributed by atoms with van der Waals surface area (Å²) in [6.45, 7) is 13.1. The lowest BCUT2D eigenvalue weighted by molar-refractivity contribution is -0.132. The summed E-state index contributed by atoms with van der Waals surface area (Å²) >= 11 is 0. The molecule has 0 unspecified atom stereocenters. The van der Waals surface area contributed by atoms with Crippen LogP contribution in [0.2, 0.25) is 0 Å². The highest BCUT2D eigenvalue weighted by atomic mass is 16.5. The number of aryl methyl sites for hydroxylation is 2. The molecule has 0 bridgehead atoms. The summed E-state index contributed by atoms with van der Waals surface area (Å²) in [6.07, 6.45) is 3.44. The molecular weight excluding hydrogens is 382 g/mol. The fraction of sp³-hybridized carbons (Fsp3) is 0.261. The van der Waals surface area contributed by atoms with Crippen molar-refractivity contribution in [2.24, 2.45) is 0 Å². The van der Waals surface area contributed by atoms with Crippen molar-refractivity contribution in [3.05, 3.63) is 66.1 Å². The molecule has 0 saturated carbocycles. The lowest BCUT2D eigenvalue weighted by Gasteiger charge is -2.25. The third kappa shape index (κ3) is 4.20. The van der Waals surface area contributed by atoms with Gasteiger partial charge in [0.05, 0.1) is 0 Å². The Morgan fingerprint density at radius 1 is 1.13 bits per heavy atom. The van der Waals surface area contributed by atoms with E-state index in [-0.39, 0.29) is 5.75 Å². The van der Waals surface area contributed by atoms with Crippen molar-refractivity contribution >= 4 is 17.0 Å². The van der Waals surface area contributed by atoms with Gasteiger partial charge in [-0.15, -0.1) is 15.0 Å². The minimum atomic E-state index is -0.590. The molecule has 7 heteroatoms. The quantitative estimate of drug-likeness (QED) is 0.377. The van der Waals surface area contributed by atoms with E-state index in [4.69, 9.17) is 9.47 Å². The smallest absolute Gasteiger partial charge is 0.335 e. The molecular formula is C23H25N3O4. The predicted octanol–water partition coefficient (Wildman–Crippen LogP) is 4.62. The second-order valence-corrected chi connectivity index (χ2v) is 8.03. The zero-order valence-corrected chi connectivity index (χ0v) is 17.8. The number of ether oxygens (including phenoxy) is 2. The third-order valence-corrected chi connectivity index (χ3v) is 4.51. The van der Waals surface area contributed by atoms with E-state index in [2.05, 4.69) is 16.8 Å². The van der Waals surface area contributed by atoms with Crippen molar-refractivity contribution in [3.8, 4) is 17.2 Å². The van der Waals surface area contributed by atoms with Gasteiger partial charge in [0.15, 0.2) is 5.75 Å². The maximum absolute atomic E-state index is 11.2. The third-order valence-electron chi connectivity index (χ3n) is 4.51. The normalized spacial score (nSPS) is 11.8. The zero-order valence-electron chi connectivity index (χ0n) is 17.8. The number of esters is 1. The van der Waals surface area contributed by atoms with Gasteiger partial charge in [-0.05, 0) is 48.6 Å². The zero-order chi connectivity index (χ0) is 22.1. The number of hydrogen-bond donors (Lipinski definition) is 1. The highest BCUT2D eigenvalue weighted by Gasteiger charge is 2.28. The summed E-state index contributed by atoms with van der Waals surface area (Å²) < 4.78 is 10.5. The molecule has 3 rings (SSSR count). The minimum absolute atomic E-state index is 0.0246. The van der Waals surface area contributed by atoms with Crippen molar-refractivity contribution in [1.29, 1.82) is 0 Å². The van der Waals surface area contributed by atoms with Gasteiger partial charge >= 0.3 is 5.97 Å². The van der Waals surface area contributed by atoms with Crippen LogP contribution < -0.4 is 4.74 Å². The standard InChI is InChI=1S/C23H25N3O4/c1-7-19(27)29-10-11-30-22-15(3)13-18(21(28)20(22)23(4,5)6)26-24-16-9-8-14(2)12-17(16)25-26/h7-13,28H,1H2,2-6H3. The Hall–Kier alpha value is -3.61. The van der Waals surface area contributed by atoms with E-state index < -0.39 is 11.4 Å². The van der Waals surface area contributed by atoms with E-state index >= 15 is 0 Å². The molecule has 3 aromatic rings. The summed E-state index contributed by atoms with van der Waals surface area (Å²) in [7, 11) is 0. The average molecular weight is 407 g/mol. The number of fused-ring (bicyclic) bond motifs is 1. The monoisotopic (exact) mass is 407 g/mol. The number of phenolic OH excluding ortho intramolecular Hbond substituents is 1. The van der Waals surface area contributed by atoms with E-state index in [1.807, 2.05) is 52.8 Å². The topological polar surface area (TPSA) is 86.5 Å². The van der Waals surface area contributed by atoms with Crippen molar-refractivity contribution in [2.75, 3.05) is 0 Å². The van der Waals surface area contributed by atoms with E-state index in [9.17, 15) is 9.90 Å². The van der Waals surface area contributed by atoms with Crippen LogP contribution in [0.25, 0.3) is 16.7 Å². The van der Waals surface area contributed by atoms with Crippen LogP contribution in [0.15, 0.2) is 49.4 Å². The van der Waals surface area contributed by atoms with Crippen LogP contribution in [0.3, 0.4) is 0 Å². The number of benzene rings is 2. The van der Waals surface area contributed by atoms with Crippen LogP contribution in [0.4, 0.5) is 0 Å². The van der Waals surface area contributed by atoms with Crippen LogP contribution in [0.5, 0.6) is 11.5 Å². The maximum atomic E-state index is 11.2. The lowest BCUT2D eigenvalue weighted by Crippen LogP contribution is -2.15. The Balaban J connectivity index is 2.09. The van der Waals surface area contributed by atoms with Crippen molar-refractivity contribution < 1.29 is 19.4 Å². The number of carbonyl (C=O) groups excluding carboxylic acids is 1. The maximum Gasteiger partial charge on any atom is 0.335 e. The van der Waals surface area contributed by atoms with Crippen LogP contribution in [0, 0.1) is 13.8 Å². The van der Waals surface area contributed by atoms with Gasteiger partial charge in [0, 0.05) is 11.6 Å². The van der Waals surface area contributed by atoms with Crippen molar-refractivity contribution in [2.45, 2.75) is 40.0 Å². The van der Waals surface area contributed by atoms with E-state index in [1.54, 1.807) is 6.07 Å². The number of rotatable bonds is 5. The van der Waals surface area contributed by atoms with E-state index in [1.165, 1.54) is 11.1 Å². The largest absolute Gasteiger partial charge is 0.505 e. The molecule has 0 aliphatic rings. The van der Waals surface area contributed by atoms with Gasteiger partial charge in [-0.2, -0.15) is 0 Å². The number of phenols is 1. The first-order valence-corrected chi connectivity index (χ1v) is 9.47. The average Bonchev–Trinajstić information content (AvgIpc) is 3.08. The molecule has 1 N–H and O–H groups in total. The molecule has 0 spiro atoms. The Labute approximate surface area is 175 Å². The van der Waals surface area contributed by atoms with Crippen molar-refractivity contribution in [1.82, 2.24) is 15.0 Å². The Morgan fingerprint density at radius 2 is 1.83 bits per heavy atom. The summed E-state index contributed by atoms with van der Waals surface area (Å²) in [5, 5.41) is 20.2. The molecule has 1 aromatic heterocycles. The van der Waals surface area contributed by atoms with Gasteiger partial charge in [-0.1, -0.05) is 33.4 Å². The number of aromatic nitrogens is 3. The fourth-order valence-corrected chi connectivity index (χ4v) is 3.14. The van der Waals surface area contributed by atoms with Crippen LogP contribution in [-0.2, 0) is 14.9 Å². The molecule has 0 aliphatic carbocycles. The fourth-order valence-electron chi connectivity index (χ4n) is 3.14. The molecule has 1 heterocycles. The molecule has 0 aliphatic heterocycles. The minimum Gasteiger partial charge on any atom is -0.505 e. The Morgan fingerprint density at radius 3 is 2.50 bits per heavy atom. The Kier molecular flexibility index (Phi) is 5.64. The van der Waals surface area contributed by atoms with Gasteiger partial charge in [-0.3, -0.25) is 0 Å². The van der Waals surface area contributed by atoms with Crippen LogP contribution in [-0.4, -0.2) is 26.1 Å². The predicted molar refractivity (Wildman–Crippen MR) is 115 cm³/mol. The van der Waals surface area contributed by atoms with Gasteiger partial charge in [0.25, 0.3) is 0 Å². The molecule has 0 amide bonds. The SMILES string of the molecule is C=CC(=O)OC=COc1c(C)cc(-n2nc3ccc(C)cc3n2)c(O)c1C(C)(C)C. The number of aromatic hydroxyl groups is 1. The molecule has 30 heavy (non-hydrogen) atoms. The molecule has 7 nitrogen and oxygen atoms in total. The summed E-state index contributed by atoms with van der Waals surface area (Å²) in [6, 6.07) is 7.57. The first-order chi connectivity index (χ1) is 14.1. The van der Waals surface area contributed by atoms with Crippen LogP contribution in [0.1, 0.15) is 37.5 Å². The molecule has 0 radical (unpaired) electrons. The molecule has 0 fully saturated rings. The highest BCUT2D eigenvalue weighted by molar-refractivity contribution is 5.81. The van der Waals surface area contributed by atoms with Gasteiger partial charge in [0.1, 0.15) is 35.0 Å². The molecule has 0 atom stereocenters. The molecule has 0 saturated heterocycles. The lowest BCUT2D eigenvalue weighted by atomic mass is 9.84. The number of carbonyl (C=O) groups is 1. The number of nitrogens with zero attached hydrogens (tertiary/aromatic N) is 3. The van der Waals surface area contributed by atoms with Gasteiger partial charge in [0.2, 0.25) is 0 Å². The van der Waals surface area contributed by atoms with Gasteiger partial charge in [-0.25, -0.2) is 4.79 Å². The Bertz CT molecular complexity index is 1150. The van der Waals surface area contributed by atoms with Crippen molar-refractivity contribution in [3.63, 3.8) is 0 Å². The first-order valence-electron chi connectivity index (χ1n) is 9.47. The first kappa shape index (κ1) is 21.1. The summed E-state index contributed by atoms with van der Waals surface area (Å²) in [5.41, 5.74) is 3.94. The summed E-state index contributed by atoms with van der Waals surface area (Å²) in [5.74, 6) is -0.0910. The van der Waals surface area contributed by atoms with E-state index in [0.717, 1.165) is 34.5 Å². The van der Waals surface area contributed by atoms with Gasteiger partial charge < -0.3 is 14.6 Å². The molecule has 156 valence electrons. The second kappa shape index (κ2) is 8.02. The second-order valence-electron chi connectivity index (χ2n) is 8.03. The summed E-state index contributed by atoms with van der Waals surface area (Å²) in [4.78, 5) is 12.6. The van der Waals surface area contributed by atoms with E-state index in [0.29, 0.717) is 17.0 Å².